The van der Waals surface area contributed by atoms with Crippen LogP contribution in [0.5, 0.6) is 0 Å². The van der Waals surface area contributed by atoms with Crippen LogP contribution in [0.4, 0.5) is 11.8 Å². The highest BCUT2D eigenvalue weighted by Gasteiger charge is 2.26. The molecule has 4 rings (SSSR count). The molecule has 2 aromatic rings. The van der Waals surface area contributed by atoms with E-state index in [9.17, 15) is 4.79 Å². The van der Waals surface area contributed by atoms with Crippen molar-refractivity contribution in [3.05, 3.63) is 35.2 Å². The van der Waals surface area contributed by atoms with Crippen LogP contribution in [0.2, 0.25) is 0 Å². The molecular weight excluding hydrogens is 406 g/mol. The van der Waals surface area contributed by atoms with Gasteiger partial charge < -0.3 is 15.5 Å². The first-order valence-corrected chi connectivity index (χ1v) is 11.3. The van der Waals surface area contributed by atoms with Crippen molar-refractivity contribution in [1.29, 1.82) is 0 Å². The molecule has 154 valence electrons. The lowest BCUT2D eigenvalue weighted by atomic mass is 9.91. The maximum absolute atomic E-state index is 12.4. The highest BCUT2D eigenvalue weighted by atomic mass is 35.5. The first-order valence-electron chi connectivity index (χ1n) is 10.0. The van der Waals surface area contributed by atoms with E-state index in [0.29, 0.717) is 12.0 Å². The van der Waals surface area contributed by atoms with E-state index < -0.39 is 0 Å². The zero-order valence-electron chi connectivity index (χ0n) is 16.7. The molecule has 1 unspecified atom stereocenters. The third kappa shape index (κ3) is 4.78. The zero-order valence-corrected chi connectivity index (χ0v) is 18.3. The number of nitrogens with zero attached hydrogens (tertiary/aromatic N) is 3. The first-order chi connectivity index (χ1) is 14.0. The Kier molecular flexibility index (Phi) is 6.15. The second-order valence-electron chi connectivity index (χ2n) is 7.78. The van der Waals surface area contributed by atoms with Crippen molar-refractivity contribution in [2.45, 2.75) is 48.9 Å². The number of benzene rings is 1. The van der Waals surface area contributed by atoms with Crippen LogP contribution in [-0.4, -0.2) is 46.8 Å². The number of halogens is 1. The molecule has 1 saturated carbocycles. The van der Waals surface area contributed by atoms with E-state index in [1.165, 1.54) is 11.8 Å². The van der Waals surface area contributed by atoms with E-state index in [1.807, 2.05) is 49.3 Å². The molecular formula is C21H26ClN5OS. The molecule has 1 fully saturated rings. The minimum absolute atomic E-state index is 0.00954. The summed E-state index contributed by atoms with van der Waals surface area (Å²) in [6.07, 6.45) is 6.53. The highest BCUT2D eigenvalue weighted by molar-refractivity contribution is 8.05. The molecule has 2 heterocycles. The molecule has 1 atom stereocenters. The predicted molar refractivity (Wildman–Crippen MR) is 122 cm³/mol. The molecule has 2 N–H and O–H groups in total. The molecule has 29 heavy (non-hydrogen) atoms. The molecule has 1 aromatic carbocycles. The number of hydrogen-bond donors (Lipinski definition) is 2. The number of hydrogen-bond acceptors (Lipinski definition) is 6. The summed E-state index contributed by atoms with van der Waals surface area (Å²) in [5.41, 5.74) is 0.939. The quantitative estimate of drug-likeness (QED) is 0.694. The summed E-state index contributed by atoms with van der Waals surface area (Å²) in [4.78, 5) is 24.6. The van der Waals surface area contributed by atoms with Gasteiger partial charge in [-0.05, 0) is 44.2 Å². The fourth-order valence-electron chi connectivity index (χ4n) is 3.87. The monoisotopic (exact) mass is 431 g/mol. The van der Waals surface area contributed by atoms with E-state index >= 15 is 0 Å². The summed E-state index contributed by atoms with van der Waals surface area (Å²) >= 11 is 7.52. The van der Waals surface area contributed by atoms with Gasteiger partial charge in [0.25, 0.3) is 5.91 Å². The molecule has 2 aliphatic rings. The van der Waals surface area contributed by atoms with Crippen LogP contribution in [0, 0.1) is 0 Å². The lowest BCUT2D eigenvalue weighted by Crippen LogP contribution is -2.40. The van der Waals surface area contributed by atoms with Crippen molar-refractivity contribution in [2.75, 3.05) is 24.3 Å². The summed E-state index contributed by atoms with van der Waals surface area (Å²) in [6.45, 7) is 0. The second-order valence-corrected chi connectivity index (χ2v) is 9.81. The Morgan fingerprint density at radius 1 is 1.14 bits per heavy atom. The van der Waals surface area contributed by atoms with E-state index in [0.717, 1.165) is 53.7 Å². The Bertz CT molecular complexity index is 926. The number of anilines is 2. The van der Waals surface area contributed by atoms with Crippen LogP contribution in [0.15, 0.2) is 35.2 Å². The van der Waals surface area contributed by atoms with Crippen LogP contribution in [0.1, 0.15) is 32.1 Å². The molecule has 1 amide bonds. The maximum atomic E-state index is 12.4. The van der Waals surface area contributed by atoms with Crippen LogP contribution < -0.4 is 15.5 Å². The number of aromatic nitrogens is 2. The normalized spacial score (nSPS) is 24.2. The van der Waals surface area contributed by atoms with Gasteiger partial charge in [-0.2, -0.15) is 4.98 Å². The topological polar surface area (TPSA) is 70.2 Å². The molecule has 1 aliphatic heterocycles. The Morgan fingerprint density at radius 2 is 1.86 bits per heavy atom. The molecule has 0 radical (unpaired) electrons. The number of carbonyl (C=O) groups excluding carboxylic acids is 1. The van der Waals surface area contributed by atoms with Crippen LogP contribution in [-0.2, 0) is 4.79 Å². The Morgan fingerprint density at radius 3 is 2.55 bits per heavy atom. The minimum Gasteiger partial charge on any atom is -0.362 e. The smallest absolute Gasteiger partial charge is 0.257 e. The van der Waals surface area contributed by atoms with Gasteiger partial charge in [-0.25, -0.2) is 4.98 Å². The number of para-hydroxylation sites is 1. The Labute approximate surface area is 180 Å². The van der Waals surface area contributed by atoms with Gasteiger partial charge in [0.2, 0.25) is 5.95 Å². The van der Waals surface area contributed by atoms with Gasteiger partial charge in [0, 0.05) is 31.6 Å². The number of fused-ring (bicyclic) bond motifs is 1. The van der Waals surface area contributed by atoms with E-state index in [1.54, 1.807) is 0 Å². The fraction of sp³-hybridized carbons (Fsp3) is 0.476. The van der Waals surface area contributed by atoms with Crippen LogP contribution in [0.25, 0.3) is 10.9 Å². The van der Waals surface area contributed by atoms with Gasteiger partial charge in [0.1, 0.15) is 5.82 Å². The zero-order chi connectivity index (χ0) is 20.4. The van der Waals surface area contributed by atoms with Gasteiger partial charge >= 0.3 is 0 Å². The predicted octanol–water partition coefficient (Wildman–Crippen LogP) is 4.12. The number of nitrogens with one attached hydrogen (secondary N) is 2. The third-order valence-corrected chi connectivity index (χ3v) is 6.87. The van der Waals surface area contributed by atoms with E-state index in [4.69, 9.17) is 21.6 Å². The SMILES string of the molecule is CN(C)c1nc(NC2CCC(NC(=O)C3=CCC(Cl)S3)CC2)nc2ccccc12. The first kappa shape index (κ1) is 20.3. The molecule has 1 aliphatic carbocycles. The number of amides is 1. The summed E-state index contributed by atoms with van der Waals surface area (Å²) in [5.74, 6) is 1.60. The molecule has 6 nitrogen and oxygen atoms in total. The molecule has 1 aromatic heterocycles. The van der Waals surface area contributed by atoms with E-state index in [2.05, 4.69) is 10.6 Å². The summed E-state index contributed by atoms with van der Waals surface area (Å²) in [6, 6.07) is 8.60. The number of alkyl halides is 1. The van der Waals surface area contributed by atoms with Gasteiger partial charge in [0.05, 0.1) is 15.1 Å². The van der Waals surface area contributed by atoms with Crippen molar-refractivity contribution < 1.29 is 4.79 Å². The second kappa shape index (κ2) is 8.79. The third-order valence-electron chi connectivity index (χ3n) is 5.37. The molecule has 0 saturated heterocycles. The lowest BCUT2D eigenvalue weighted by molar-refractivity contribution is -0.117. The van der Waals surface area contributed by atoms with Crippen LogP contribution >= 0.6 is 23.4 Å². The van der Waals surface area contributed by atoms with Crippen molar-refractivity contribution in [1.82, 2.24) is 15.3 Å². The Hall–Kier alpha value is -1.99. The molecule has 8 heteroatoms. The van der Waals surface area contributed by atoms with Gasteiger partial charge in [0.15, 0.2) is 0 Å². The number of carbonyl (C=O) groups is 1. The average molecular weight is 432 g/mol. The average Bonchev–Trinajstić information content (AvgIpc) is 3.15. The summed E-state index contributed by atoms with van der Waals surface area (Å²) < 4.78 is -0.00954. The minimum atomic E-state index is -0.00954. The maximum Gasteiger partial charge on any atom is 0.257 e. The van der Waals surface area contributed by atoms with Crippen molar-refractivity contribution in [3.8, 4) is 0 Å². The van der Waals surface area contributed by atoms with Crippen molar-refractivity contribution in [2.24, 2.45) is 0 Å². The fourth-order valence-corrected chi connectivity index (χ4v) is 5.07. The van der Waals surface area contributed by atoms with Crippen molar-refractivity contribution >= 4 is 51.9 Å². The Balaban J connectivity index is 1.36. The lowest BCUT2D eigenvalue weighted by Gasteiger charge is -2.30. The molecule has 0 spiro atoms. The molecule has 0 bridgehead atoms. The number of thioether (sulfide) groups is 1. The van der Waals surface area contributed by atoms with Crippen LogP contribution in [0.3, 0.4) is 0 Å². The van der Waals surface area contributed by atoms with Gasteiger partial charge in [-0.15, -0.1) is 23.4 Å². The van der Waals surface area contributed by atoms with Gasteiger partial charge in [-0.3, -0.25) is 4.79 Å². The largest absolute Gasteiger partial charge is 0.362 e. The van der Waals surface area contributed by atoms with Crippen molar-refractivity contribution in [3.63, 3.8) is 0 Å². The van der Waals surface area contributed by atoms with E-state index in [-0.39, 0.29) is 16.7 Å². The van der Waals surface area contributed by atoms with Gasteiger partial charge in [-0.1, -0.05) is 18.2 Å². The standard InChI is InChI=1S/C21H26ClN5OS/c1-27(2)19-15-5-3-4-6-16(15)25-21(26-19)24-14-9-7-13(8-10-14)23-20(28)17-11-12-18(22)29-17/h3-6,11,13-14,18H,7-10,12H2,1-2H3,(H,23,28)(H,24,25,26). The number of rotatable bonds is 5. The highest BCUT2D eigenvalue weighted by Crippen LogP contribution is 2.35. The number of allylic oxidation sites excluding steroid dienone is 1. The summed E-state index contributed by atoms with van der Waals surface area (Å²) in [5, 5.41) is 7.72. The summed E-state index contributed by atoms with van der Waals surface area (Å²) in [7, 11) is 3.99.